The molecule has 5 nitrogen and oxygen atoms in total. The summed E-state index contributed by atoms with van der Waals surface area (Å²) in [6.45, 7) is 6.16. The third kappa shape index (κ3) is 4.31. The van der Waals surface area contributed by atoms with Crippen LogP contribution >= 0.6 is 0 Å². The molecule has 1 aliphatic rings. The van der Waals surface area contributed by atoms with E-state index >= 15 is 0 Å². The Morgan fingerprint density at radius 3 is 2.52 bits per heavy atom. The molecule has 27 heavy (non-hydrogen) atoms. The van der Waals surface area contributed by atoms with E-state index in [9.17, 15) is 0 Å². The number of ether oxygens (including phenoxy) is 1. The van der Waals surface area contributed by atoms with Gasteiger partial charge in [0.15, 0.2) is 0 Å². The number of hydrogen-bond donors (Lipinski definition) is 0. The summed E-state index contributed by atoms with van der Waals surface area (Å²) in [5.41, 5.74) is 5.27. The van der Waals surface area contributed by atoms with Gasteiger partial charge in [-0.1, -0.05) is 36.4 Å². The monoisotopic (exact) mass is 360 g/mol. The van der Waals surface area contributed by atoms with Crippen molar-refractivity contribution in [3.05, 3.63) is 82.9 Å². The third-order valence-corrected chi connectivity index (χ3v) is 4.71. The second kappa shape index (κ2) is 7.84. The van der Waals surface area contributed by atoms with Gasteiger partial charge in [-0.25, -0.2) is 9.97 Å². The molecule has 1 atom stereocenters. The minimum Gasteiger partial charge on any atom is -0.368 e. The van der Waals surface area contributed by atoms with Crippen LogP contribution in [0.3, 0.4) is 0 Å². The summed E-state index contributed by atoms with van der Waals surface area (Å²) < 4.78 is 6.02. The molecule has 0 amide bonds. The third-order valence-electron chi connectivity index (χ3n) is 4.71. The standard InChI is InChI=1S/C22H24N4O/c1-16-13-17(2)24-22(23-16)26-11-12-27-21(15-26)20-10-6-9-19(25-20)14-18-7-4-3-5-8-18/h3-10,13,21H,11-12,14-15H2,1-2H3/t21-/m1/s1. The van der Waals surface area contributed by atoms with Crippen molar-refractivity contribution >= 4 is 5.95 Å². The molecule has 1 aromatic carbocycles. The van der Waals surface area contributed by atoms with E-state index in [2.05, 4.69) is 51.3 Å². The van der Waals surface area contributed by atoms with Crippen LogP contribution in [0.2, 0.25) is 0 Å². The smallest absolute Gasteiger partial charge is 0.225 e. The van der Waals surface area contributed by atoms with Crippen LogP contribution in [0.1, 0.15) is 34.4 Å². The van der Waals surface area contributed by atoms with E-state index in [4.69, 9.17) is 9.72 Å². The van der Waals surface area contributed by atoms with E-state index in [1.54, 1.807) is 0 Å². The van der Waals surface area contributed by atoms with E-state index in [0.29, 0.717) is 13.2 Å². The zero-order valence-corrected chi connectivity index (χ0v) is 15.8. The summed E-state index contributed by atoms with van der Waals surface area (Å²) in [6, 6.07) is 18.6. The van der Waals surface area contributed by atoms with Gasteiger partial charge in [0.05, 0.1) is 18.8 Å². The van der Waals surface area contributed by atoms with Gasteiger partial charge in [0.2, 0.25) is 5.95 Å². The lowest BCUT2D eigenvalue weighted by molar-refractivity contribution is 0.0363. The molecule has 0 saturated carbocycles. The predicted octanol–water partition coefficient (Wildman–Crippen LogP) is 3.66. The lowest BCUT2D eigenvalue weighted by Gasteiger charge is -2.33. The SMILES string of the molecule is Cc1cc(C)nc(N2CCO[C@@H](c3cccc(Cc4ccccc4)n3)C2)n1. The van der Waals surface area contributed by atoms with Crippen LogP contribution in [0.5, 0.6) is 0 Å². The van der Waals surface area contributed by atoms with Crippen LogP contribution < -0.4 is 4.90 Å². The molecular formula is C22H24N4O. The maximum Gasteiger partial charge on any atom is 0.225 e. The highest BCUT2D eigenvalue weighted by atomic mass is 16.5. The minimum atomic E-state index is -0.0705. The molecule has 0 unspecified atom stereocenters. The fraction of sp³-hybridized carbons (Fsp3) is 0.318. The molecule has 0 aliphatic carbocycles. The van der Waals surface area contributed by atoms with Gasteiger partial charge in [-0.3, -0.25) is 4.98 Å². The lowest BCUT2D eigenvalue weighted by Crippen LogP contribution is -2.39. The number of nitrogens with zero attached hydrogens (tertiary/aromatic N) is 4. The molecular weight excluding hydrogens is 336 g/mol. The zero-order valence-electron chi connectivity index (χ0n) is 15.8. The number of morpholine rings is 1. The average molecular weight is 360 g/mol. The first-order valence-electron chi connectivity index (χ1n) is 9.36. The molecule has 0 radical (unpaired) electrons. The fourth-order valence-electron chi connectivity index (χ4n) is 3.44. The van der Waals surface area contributed by atoms with Crippen molar-refractivity contribution in [3.63, 3.8) is 0 Å². The van der Waals surface area contributed by atoms with Gasteiger partial charge in [-0.05, 0) is 37.6 Å². The number of pyridine rings is 1. The summed E-state index contributed by atoms with van der Waals surface area (Å²) in [6.07, 6.45) is 0.754. The van der Waals surface area contributed by atoms with Gasteiger partial charge < -0.3 is 9.64 Å². The molecule has 2 aromatic heterocycles. The number of aryl methyl sites for hydroxylation is 2. The number of benzene rings is 1. The number of anilines is 1. The Bertz CT molecular complexity index is 893. The molecule has 3 aromatic rings. The Labute approximate surface area is 160 Å². The van der Waals surface area contributed by atoms with Crippen LogP contribution in [0.15, 0.2) is 54.6 Å². The fourth-order valence-corrected chi connectivity index (χ4v) is 3.44. The Balaban J connectivity index is 1.52. The summed E-state index contributed by atoms with van der Waals surface area (Å²) in [5.74, 6) is 0.779. The Morgan fingerprint density at radius 1 is 0.963 bits per heavy atom. The topological polar surface area (TPSA) is 51.1 Å². The first-order chi connectivity index (χ1) is 13.2. The van der Waals surface area contributed by atoms with Crippen molar-refractivity contribution in [2.75, 3.05) is 24.6 Å². The predicted molar refractivity (Wildman–Crippen MR) is 106 cm³/mol. The molecule has 0 spiro atoms. The van der Waals surface area contributed by atoms with Gasteiger partial charge >= 0.3 is 0 Å². The second-order valence-corrected chi connectivity index (χ2v) is 6.97. The van der Waals surface area contributed by atoms with E-state index in [0.717, 1.165) is 41.7 Å². The first-order valence-corrected chi connectivity index (χ1v) is 9.36. The zero-order chi connectivity index (χ0) is 18.6. The molecule has 1 fully saturated rings. The van der Waals surface area contributed by atoms with Crippen LogP contribution in [0, 0.1) is 13.8 Å². The van der Waals surface area contributed by atoms with E-state index in [1.165, 1.54) is 5.56 Å². The molecule has 1 saturated heterocycles. The van der Waals surface area contributed by atoms with Gasteiger partial charge in [0, 0.05) is 30.0 Å². The average Bonchev–Trinajstić information content (AvgIpc) is 2.68. The number of rotatable bonds is 4. The summed E-state index contributed by atoms with van der Waals surface area (Å²) >= 11 is 0. The van der Waals surface area contributed by atoms with Crippen LogP contribution in [-0.4, -0.2) is 34.6 Å². The maximum atomic E-state index is 6.02. The number of hydrogen-bond acceptors (Lipinski definition) is 5. The highest BCUT2D eigenvalue weighted by molar-refractivity contribution is 5.34. The van der Waals surface area contributed by atoms with Crippen LogP contribution in [-0.2, 0) is 11.2 Å². The summed E-state index contributed by atoms with van der Waals surface area (Å²) in [7, 11) is 0. The quantitative estimate of drug-likeness (QED) is 0.711. The maximum absolute atomic E-state index is 6.02. The molecule has 0 bridgehead atoms. The Hall–Kier alpha value is -2.79. The van der Waals surface area contributed by atoms with Crippen LogP contribution in [0.25, 0.3) is 0 Å². The summed E-state index contributed by atoms with van der Waals surface area (Å²) in [4.78, 5) is 16.3. The van der Waals surface area contributed by atoms with E-state index in [1.807, 2.05) is 32.0 Å². The number of aromatic nitrogens is 3. The molecule has 3 heterocycles. The van der Waals surface area contributed by atoms with Gasteiger partial charge in [0.25, 0.3) is 0 Å². The minimum absolute atomic E-state index is 0.0705. The molecule has 138 valence electrons. The highest BCUT2D eigenvalue weighted by Crippen LogP contribution is 2.24. The van der Waals surface area contributed by atoms with Crippen molar-refractivity contribution < 1.29 is 4.74 Å². The van der Waals surface area contributed by atoms with Gasteiger partial charge in [0.1, 0.15) is 6.10 Å². The molecule has 0 N–H and O–H groups in total. The Morgan fingerprint density at radius 2 is 1.74 bits per heavy atom. The lowest BCUT2D eigenvalue weighted by atomic mass is 10.1. The summed E-state index contributed by atoms with van der Waals surface area (Å²) in [5, 5.41) is 0. The van der Waals surface area contributed by atoms with Gasteiger partial charge in [-0.15, -0.1) is 0 Å². The van der Waals surface area contributed by atoms with Crippen molar-refractivity contribution in [2.45, 2.75) is 26.4 Å². The Kier molecular flexibility index (Phi) is 5.12. The molecule has 1 aliphatic heterocycles. The van der Waals surface area contributed by atoms with E-state index < -0.39 is 0 Å². The highest BCUT2D eigenvalue weighted by Gasteiger charge is 2.25. The van der Waals surface area contributed by atoms with E-state index in [-0.39, 0.29) is 6.10 Å². The van der Waals surface area contributed by atoms with Gasteiger partial charge in [-0.2, -0.15) is 0 Å². The molecule has 5 heteroatoms. The van der Waals surface area contributed by atoms with Crippen molar-refractivity contribution in [3.8, 4) is 0 Å². The van der Waals surface area contributed by atoms with Crippen molar-refractivity contribution in [1.29, 1.82) is 0 Å². The van der Waals surface area contributed by atoms with Crippen molar-refractivity contribution in [1.82, 2.24) is 15.0 Å². The normalized spacial score (nSPS) is 17.1. The molecule has 4 rings (SSSR count). The van der Waals surface area contributed by atoms with Crippen LogP contribution in [0.4, 0.5) is 5.95 Å². The largest absolute Gasteiger partial charge is 0.368 e. The first kappa shape index (κ1) is 17.6. The van der Waals surface area contributed by atoms with Crippen molar-refractivity contribution in [2.24, 2.45) is 0 Å². The second-order valence-electron chi connectivity index (χ2n) is 6.97.